The van der Waals surface area contributed by atoms with Crippen molar-refractivity contribution in [3.8, 4) is 0 Å². The van der Waals surface area contributed by atoms with E-state index in [1.165, 1.54) is 5.57 Å². The maximum absolute atomic E-state index is 9.55. The van der Waals surface area contributed by atoms with E-state index in [-0.39, 0.29) is 0 Å². The number of rotatable bonds is 6. The van der Waals surface area contributed by atoms with Crippen LogP contribution in [0.15, 0.2) is 23.3 Å². The van der Waals surface area contributed by atoms with Crippen molar-refractivity contribution in [2.75, 3.05) is 0 Å². The van der Waals surface area contributed by atoms with Crippen LogP contribution >= 0.6 is 0 Å². The summed E-state index contributed by atoms with van der Waals surface area (Å²) in [7, 11) is 0. The van der Waals surface area contributed by atoms with Gasteiger partial charge in [-0.3, -0.25) is 0 Å². The fourth-order valence-electron chi connectivity index (χ4n) is 1.32. The molecule has 15 heavy (non-hydrogen) atoms. The van der Waals surface area contributed by atoms with E-state index in [0.717, 1.165) is 18.4 Å². The summed E-state index contributed by atoms with van der Waals surface area (Å²) in [4.78, 5) is 0. The average molecular weight is 212 g/mol. The van der Waals surface area contributed by atoms with Crippen molar-refractivity contribution < 1.29 is 10.2 Å². The van der Waals surface area contributed by atoms with E-state index in [9.17, 15) is 10.2 Å². The Labute approximate surface area is 93.3 Å². The Morgan fingerprint density at radius 2 is 1.80 bits per heavy atom. The second-order valence-electron chi connectivity index (χ2n) is 4.30. The monoisotopic (exact) mass is 212 g/mol. The fraction of sp³-hybridized carbons (Fsp3) is 0.692. The molecule has 0 radical (unpaired) electrons. The second kappa shape index (κ2) is 7.66. The van der Waals surface area contributed by atoms with Crippen LogP contribution in [0.2, 0.25) is 0 Å². The van der Waals surface area contributed by atoms with Crippen molar-refractivity contribution in [3.05, 3.63) is 23.3 Å². The van der Waals surface area contributed by atoms with Gasteiger partial charge in [-0.1, -0.05) is 30.2 Å². The van der Waals surface area contributed by atoms with E-state index in [4.69, 9.17) is 0 Å². The van der Waals surface area contributed by atoms with Crippen molar-refractivity contribution in [1.29, 1.82) is 0 Å². The predicted molar refractivity (Wildman–Crippen MR) is 64.7 cm³/mol. The van der Waals surface area contributed by atoms with E-state index in [1.807, 2.05) is 13.8 Å². The zero-order chi connectivity index (χ0) is 11.8. The van der Waals surface area contributed by atoms with Gasteiger partial charge in [0, 0.05) is 0 Å². The lowest BCUT2D eigenvalue weighted by molar-refractivity contribution is 0.0460. The maximum atomic E-state index is 9.55. The van der Waals surface area contributed by atoms with Gasteiger partial charge in [0.1, 0.15) is 0 Å². The van der Waals surface area contributed by atoms with Gasteiger partial charge in [0.2, 0.25) is 0 Å². The molecule has 0 aliphatic carbocycles. The maximum Gasteiger partial charge on any atom is 0.0982 e. The summed E-state index contributed by atoms with van der Waals surface area (Å²) in [6.45, 7) is 8.01. The minimum atomic E-state index is -0.721. The van der Waals surface area contributed by atoms with E-state index < -0.39 is 12.2 Å². The summed E-state index contributed by atoms with van der Waals surface area (Å²) in [5.74, 6) is 0. The highest BCUT2D eigenvalue weighted by molar-refractivity contribution is 5.05. The molecule has 0 rings (SSSR count). The van der Waals surface area contributed by atoms with Gasteiger partial charge in [-0.2, -0.15) is 0 Å². The summed E-state index contributed by atoms with van der Waals surface area (Å²) in [5.41, 5.74) is 2.45. The van der Waals surface area contributed by atoms with Gasteiger partial charge in [0.25, 0.3) is 0 Å². The molecule has 2 N–H and O–H groups in total. The Balaban J connectivity index is 4.02. The van der Waals surface area contributed by atoms with Gasteiger partial charge < -0.3 is 10.2 Å². The highest BCUT2D eigenvalue weighted by Crippen LogP contribution is 2.10. The van der Waals surface area contributed by atoms with Gasteiger partial charge in [0.05, 0.1) is 12.2 Å². The van der Waals surface area contributed by atoms with Crippen LogP contribution in [0.5, 0.6) is 0 Å². The molecule has 0 aromatic carbocycles. The molecule has 0 aliphatic heterocycles. The summed E-state index contributed by atoms with van der Waals surface area (Å²) < 4.78 is 0. The topological polar surface area (TPSA) is 40.5 Å². The Hall–Kier alpha value is -0.600. The zero-order valence-electron chi connectivity index (χ0n) is 10.3. The van der Waals surface area contributed by atoms with E-state index in [2.05, 4.69) is 19.9 Å². The number of allylic oxidation sites excluding steroid dienone is 3. The third-order valence-corrected chi connectivity index (χ3v) is 2.36. The van der Waals surface area contributed by atoms with Gasteiger partial charge >= 0.3 is 0 Å². The molecule has 0 spiro atoms. The first-order valence-electron chi connectivity index (χ1n) is 5.64. The quantitative estimate of drug-likeness (QED) is 0.665. The predicted octanol–water partition coefficient (Wildman–Crippen LogP) is 2.81. The molecule has 0 heterocycles. The van der Waals surface area contributed by atoms with Crippen LogP contribution in [0.25, 0.3) is 0 Å². The van der Waals surface area contributed by atoms with Gasteiger partial charge in [-0.05, 0) is 40.0 Å². The number of aliphatic hydroxyl groups excluding tert-OH is 2. The first-order chi connectivity index (χ1) is 6.97. The minimum Gasteiger partial charge on any atom is -0.390 e. The number of hydrogen-bond donors (Lipinski definition) is 2. The Morgan fingerprint density at radius 3 is 2.27 bits per heavy atom. The van der Waals surface area contributed by atoms with Gasteiger partial charge in [0.15, 0.2) is 0 Å². The molecule has 0 aromatic heterocycles. The molecular formula is C13H24O2. The van der Waals surface area contributed by atoms with Crippen molar-refractivity contribution in [1.82, 2.24) is 0 Å². The van der Waals surface area contributed by atoms with Crippen LogP contribution in [0, 0.1) is 0 Å². The van der Waals surface area contributed by atoms with Gasteiger partial charge in [-0.25, -0.2) is 0 Å². The Bertz CT molecular complexity index is 225. The van der Waals surface area contributed by atoms with E-state index in [1.54, 1.807) is 6.08 Å². The molecule has 0 amide bonds. The number of hydrogen-bond acceptors (Lipinski definition) is 2. The first-order valence-corrected chi connectivity index (χ1v) is 5.64. The molecule has 0 saturated heterocycles. The van der Waals surface area contributed by atoms with Crippen LogP contribution in [0.4, 0.5) is 0 Å². The van der Waals surface area contributed by atoms with Crippen molar-refractivity contribution in [2.24, 2.45) is 0 Å². The third-order valence-electron chi connectivity index (χ3n) is 2.36. The van der Waals surface area contributed by atoms with Crippen LogP contribution in [0.3, 0.4) is 0 Å². The van der Waals surface area contributed by atoms with Crippen molar-refractivity contribution in [3.63, 3.8) is 0 Å². The average Bonchev–Trinajstić information content (AvgIpc) is 2.15. The minimum absolute atomic E-state index is 0.582. The SMILES string of the molecule is CCC(O)C(O)/C=C(\C)CCC=C(C)C. The fourth-order valence-corrected chi connectivity index (χ4v) is 1.32. The molecule has 2 unspecified atom stereocenters. The highest BCUT2D eigenvalue weighted by Gasteiger charge is 2.10. The van der Waals surface area contributed by atoms with Gasteiger partial charge in [-0.15, -0.1) is 0 Å². The van der Waals surface area contributed by atoms with E-state index >= 15 is 0 Å². The third kappa shape index (κ3) is 7.34. The zero-order valence-corrected chi connectivity index (χ0v) is 10.3. The summed E-state index contributed by atoms with van der Waals surface area (Å²) in [5, 5.41) is 18.9. The van der Waals surface area contributed by atoms with E-state index in [0.29, 0.717) is 6.42 Å². The summed E-state index contributed by atoms with van der Waals surface area (Å²) >= 11 is 0. The Kier molecular flexibility index (Phi) is 7.35. The molecule has 2 nitrogen and oxygen atoms in total. The summed E-state index contributed by atoms with van der Waals surface area (Å²) in [6, 6.07) is 0. The summed E-state index contributed by atoms with van der Waals surface area (Å²) in [6.07, 6.45) is 5.11. The standard InChI is InChI=1S/C13H24O2/c1-5-12(14)13(15)9-11(4)8-6-7-10(2)3/h7,9,12-15H,5-6,8H2,1-4H3/b11-9+. The smallest absolute Gasteiger partial charge is 0.0982 e. The second-order valence-corrected chi connectivity index (χ2v) is 4.30. The lowest BCUT2D eigenvalue weighted by atomic mass is 10.1. The Morgan fingerprint density at radius 1 is 1.20 bits per heavy atom. The molecule has 2 atom stereocenters. The molecular weight excluding hydrogens is 188 g/mol. The first kappa shape index (κ1) is 14.4. The highest BCUT2D eigenvalue weighted by atomic mass is 16.3. The molecule has 0 aliphatic rings. The van der Waals surface area contributed by atoms with Crippen LogP contribution in [-0.4, -0.2) is 22.4 Å². The molecule has 0 aromatic rings. The van der Waals surface area contributed by atoms with Crippen LogP contribution < -0.4 is 0 Å². The van der Waals surface area contributed by atoms with Crippen molar-refractivity contribution in [2.45, 2.75) is 59.2 Å². The van der Waals surface area contributed by atoms with Crippen molar-refractivity contribution >= 4 is 0 Å². The lowest BCUT2D eigenvalue weighted by Crippen LogP contribution is -2.22. The molecule has 2 heteroatoms. The molecule has 0 fully saturated rings. The van der Waals surface area contributed by atoms with Crippen LogP contribution in [0.1, 0.15) is 47.0 Å². The largest absolute Gasteiger partial charge is 0.390 e. The van der Waals surface area contributed by atoms with Crippen LogP contribution in [-0.2, 0) is 0 Å². The molecule has 0 bridgehead atoms. The normalized spacial score (nSPS) is 16.0. The molecule has 88 valence electrons. The molecule has 0 saturated carbocycles. The lowest BCUT2D eigenvalue weighted by Gasteiger charge is -2.13. The number of aliphatic hydroxyl groups is 2.